The molecule has 3 aromatic rings. The number of anilines is 2. The minimum absolute atomic E-state index is 0.199. The fourth-order valence-electron chi connectivity index (χ4n) is 4.21. The van der Waals surface area contributed by atoms with Gasteiger partial charge in [0, 0.05) is 67.0 Å². The maximum Gasteiger partial charge on any atom is 0.255 e. The molecular weight excluding hydrogens is 519 g/mol. The summed E-state index contributed by atoms with van der Waals surface area (Å²) in [5.74, 6) is 6.08. The maximum atomic E-state index is 13.0. The zero-order chi connectivity index (χ0) is 27.3. The van der Waals surface area contributed by atoms with E-state index in [0.29, 0.717) is 34.7 Å². The molecule has 8 nitrogen and oxygen atoms in total. The molecule has 4 rings (SSSR count). The normalized spacial score (nSPS) is 14.5. The average molecular weight is 551 g/mol. The molecule has 2 heterocycles. The van der Waals surface area contributed by atoms with Gasteiger partial charge in [0.25, 0.3) is 5.91 Å². The maximum absolute atomic E-state index is 13.0. The number of benzene rings is 2. The van der Waals surface area contributed by atoms with Crippen LogP contribution in [0.15, 0.2) is 48.8 Å². The summed E-state index contributed by atoms with van der Waals surface area (Å²) in [4.78, 5) is 25.4. The van der Waals surface area contributed by atoms with E-state index >= 15 is 0 Å². The minimum Gasteiger partial charge on any atom is -0.368 e. The van der Waals surface area contributed by atoms with Crippen LogP contribution in [0.2, 0.25) is 5.02 Å². The lowest BCUT2D eigenvalue weighted by molar-refractivity contribution is 0.102. The Morgan fingerprint density at radius 3 is 2.39 bits per heavy atom. The van der Waals surface area contributed by atoms with Crippen molar-refractivity contribution in [3.8, 4) is 11.8 Å². The number of amides is 1. The molecule has 1 saturated heterocycles. The molecule has 0 atom stereocenters. The highest BCUT2D eigenvalue weighted by Gasteiger charge is 2.21. The van der Waals surface area contributed by atoms with Gasteiger partial charge in [0.1, 0.15) is 0 Å². The van der Waals surface area contributed by atoms with E-state index in [-0.39, 0.29) is 11.9 Å². The van der Waals surface area contributed by atoms with Gasteiger partial charge >= 0.3 is 0 Å². The topological polar surface area (TPSA) is 104 Å². The number of nitrogens with zero attached hydrogens (tertiary/aromatic N) is 4. The van der Waals surface area contributed by atoms with Crippen molar-refractivity contribution in [1.29, 1.82) is 0 Å². The van der Waals surface area contributed by atoms with Crippen LogP contribution in [0.3, 0.4) is 0 Å². The molecule has 0 aliphatic carbocycles. The third kappa shape index (κ3) is 7.89. The fourth-order valence-corrected chi connectivity index (χ4v) is 5.69. The Bertz CT molecular complexity index is 1420. The van der Waals surface area contributed by atoms with Crippen molar-refractivity contribution in [1.82, 2.24) is 19.8 Å². The van der Waals surface area contributed by atoms with Crippen LogP contribution < -0.4 is 11.1 Å². The average Bonchev–Trinajstić information content (AvgIpc) is 2.86. The highest BCUT2D eigenvalue weighted by atomic mass is 35.5. The number of rotatable bonds is 6. The van der Waals surface area contributed by atoms with Gasteiger partial charge in [-0.25, -0.2) is 9.97 Å². The first-order valence-electron chi connectivity index (χ1n) is 12.3. The molecule has 1 aromatic heterocycles. The Morgan fingerprint density at radius 1 is 1.05 bits per heavy atom. The van der Waals surface area contributed by atoms with Crippen LogP contribution in [0.4, 0.5) is 11.6 Å². The second kappa shape index (κ2) is 12.1. The van der Waals surface area contributed by atoms with Crippen LogP contribution in [0.5, 0.6) is 0 Å². The third-order valence-corrected chi connectivity index (χ3v) is 7.66. The van der Waals surface area contributed by atoms with E-state index in [4.69, 9.17) is 17.3 Å². The van der Waals surface area contributed by atoms with Crippen LogP contribution in [0.1, 0.15) is 32.6 Å². The van der Waals surface area contributed by atoms with Gasteiger partial charge in [0.15, 0.2) is 0 Å². The first-order valence-corrected chi connectivity index (χ1v) is 15.5. The highest BCUT2D eigenvalue weighted by Crippen LogP contribution is 2.36. The summed E-state index contributed by atoms with van der Waals surface area (Å²) in [6, 6.07) is 11.0. The van der Waals surface area contributed by atoms with Gasteiger partial charge in [-0.3, -0.25) is 14.6 Å². The fraction of sp³-hybridized carbons (Fsp3) is 0.321. The number of carbonyl (C=O) groups excluding carboxylic acids is 1. The standard InChI is InChI=1S/C28H32ClN6O2P/c1-20-4-9-25(14-22(20)6-5-21-16-31-28(30)32-17-21)33-27(36)23-7-8-24(26(29)15-23)18-34-10-12-35(13-11-34)19-38(2,3)37/h4,7-9,14-17H,10-13,18-19H2,1-3H3,(H,33,36)(H2,30,31,32). The number of aromatic nitrogens is 2. The van der Waals surface area contributed by atoms with Crippen molar-refractivity contribution in [2.24, 2.45) is 0 Å². The van der Waals surface area contributed by atoms with Crippen molar-refractivity contribution in [3.05, 3.63) is 81.6 Å². The minimum atomic E-state index is -2.06. The summed E-state index contributed by atoms with van der Waals surface area (Å²) < 4.78 is 12.1. The molecule has 10 heteroatoms. The predicted molar refractivity (Wildman–Crippen MR) is 154 cm³/mol. The van der Waals surface area contributed by atoms with E-state index in [1.165, 1.54) is 0 Å². The number of carbonyl (C=O) groups is 1. The summed E-state index contributed by atoms with van der Waals surface area (Å²) in [7, 11) is -2.06. The quantitative estimate of drug-likeness (QED) is 0.347. The summed E-state index contributed by atoms with van der Waals surface area (Å²) in [5, 5.41) is 3.50. The molecule has 0 spiro atoms. The number of nitrogens with one attached hydrogen (secondary N) is 1. The number of nitrogens with two attached hydrogens (primary N) is 1. The van der Waals surface area contributed by atoms with Crippen LogP contribution in [-0.2, 0) is 11.1 Å². The van der Waals surface area contributed by atoms with E-state index in [1.807, 2.05) is 44.5 Å². The van der Waals surface area contributed by atoms with E-state index in [1.54, 1.807) is 24.5 Å². The van der Waals surface area contributed by atoms with E-state index < -0.39 is 7.14 Å². The summed E-state index contributed by atoms with van der Waals surface area (Å²) in [5.41, 5.74) is 10.0. The van der Waals surface area contributed by atoms with Gasteiger partial charge in [0.2, 0.25) is 5.95 Å². The molecule has 1 amide bonds. The molecule has 198 valence electrons. The van der Waals surface area contributed by atoms with Crippen molar-refractivity contribution in [2.45, 2.75) is 13.5 Å². The van der Waals surface area contributed by atoms with Crippen molar-refractivity contribution in [2.75, 3.05) is 56.8 Å². The van der Waals surface area contributed by atoms with Crippen LogP contribution >= 0.6 is 18.7 Å². The second-order valence-electron chi connectivity index (χ2n) is 9.98. The number of hydrogen-bond donors (Lipinski definition) is 2. The van der Waals surface area contributed by atoms with E-state index in [2.05, 4.69) is 36.9 Å². The first-order chi connectivity index (χ1) is 18.1. The molecule has 0 bridgehead atoms. The molecule has 0 radical (unpaired) electrons. The molecular formula is C28H32ClN6O2P. The Hall–Kier alpha value is -3.21. The van der Waals surface area contributed by atoms with Gasteiger partial charge in [-0.2, -0.15) is 0 Å². The van der Waals surface area contributed by atoms with Crippen molar-refractivity contribution < 1.29 is 9.36 Å². The zero-order valence-corrected chi connectivity index (χ0v) is 23.5. The lowest BCUT2D eigenvalue weighted by Gasteiger charge is -2.35. The molecule has 0 saturated carbocycles. The van der Waals surface area contributed by atoms with E-state index in [9.17, 15) is 9.36 Å². The van der Waals surface area contributed by atoms with Crippen molar-refractivity contribution >= 4 is 36.3 Å². The second-order valence-corrected chi connectivity index (χ2v) is 13.8. The Labute approximate surface area is 229 Å². The SMILES string of the molecule is Cc1ccc(NC(=O)c2ccc(CN3CCN(CP(C)(C)=O)CC3)c(Cl)c2)cc1C#Cc1cnc(N)nc1. The van der Waals surface area contributed by atoms with Crippen LogP contribution in [0, 0.1) is 18.8 Å². The Kier molecular flexibility index (Phi) is 8.86. The highest BCUT2D eigenvalue weighted by molar-refractivity contribution is 7.62. The number of hydrogen-bond acceptors (Lipinski definition) is 7. The summed E-state index contributed by atoms with van der Waals surface area (Å²) in [6.07, 6.45) is 3.80. The van der Waals surface area contributed by atoms with Crippen LogP contribution in [-0.4, -0.2) is 71.5 Å². The van der Waals surface area contributed by atoms with Crippen molar-refractivity contribution in [3.63, 3.8) is 0 Å². The van der Waals surface area contributed by atoms with Gasteiger partial charge in [0.05, 0.1) is 19.0 Å². The van der Waals surface area contributed by atoms with Gasteiger partial charge in [-0.1, -0.05) is 35.6 Å². The molecule has 1 fully saturated rings. The van der Waals surface area contributed by atoms with Gasteiger partial charge < -0.3 is 15.6 Å². The molecule has 2 aromatic carbocycles. The molecule has 1 aliphatic heterocycles. The van der Waals surface area contributed by atoms with Gasteiger partial charge in [-0.15, -0.1) is 0 Å². The molecule has 1 aliphatic rings. The monoisotopic (exact) mass is 550 g/mol. The molecule has 3 N–H and O–H groups in total. The smallest absolute Gasteiger partial charge is 0.255 e. The zero-order valence-electron chi connectivity index (χ0n) is 21.9. The number of nitrogen functional groups attached to an aromatic ring is 1. The Balaban J connectivity index is 1.37. The lowest BCUT2D eigenvalue weighted by atomic mass is 10.1. The Morgan fingerprint density at radius 2 is 1.74 bits per heavy atom. The third-order valence-electron chi connectivity index (χ3n) is 6.22. The number of aryl methyl sites for hydroxylation is 1. The first kappa shape index (κ1) is 27.8. The van der Waals surface area contributed by atoms with E-state index in [0.717, 1.165) is 42.9 Å². The predicted octanol–water partition coefficient (Wildman–Crippen LogP) is 4.37. The summed E-state index contributed by atoms with van der Waals surface area (Å²) in [6.45, 7) is 9.90. The number of halogens is 1. The van der Waals surface area contributed by atoms with Gasteiger partial charge in [-0.05, 0) is 55.6 Å². The summed E-state index contributed by atoms with van der Waals surface area (Å²) >= 11 is 6.58. The largest absolute Gasteiger partial charge is 0.368 e. The van der Waals surface area contributed by atoms with Crippen LogP contribution in [0.25, 0.3) is 0 Å². The number of piperazine rings is 1. The lowest BCUT2D eigenvalue weighted by Crippen LogP contribution is -2.46. The molecule has 38 heavy (non-hydrogen) atoms. The molecule has 0 unspecified atom stereocenters.